The van der Waals surface area contributed by atoms with E-state index in [-0.39, 0.29) is 0 Å². The molecule has 0 aliphatic rings. The van der Waals surface area contributed by atoms with Crippen LogP contribution >= 0.6 is 0 Å². The fourth-order valence-corrected chi connectivity index (χ4v) is 0.854. The lowest BCUT2D eigenvalue weighted by Crippen LogP contribution is -2.31. The van der Waals surface area contributed by atoms with E-state index in [1.807, 2.05) is 18.5 Å². The average molecular weight is 182 g/mol. The quantitative estimate of drug-likeness (QED) is 0.461. The summed E-state index contributed by atoms with van der Waals surface area (Å²) in [7, 11) is 3.54. The maximum Gasteiger partial charge on any atom is 0.188 e. The summed E-state index contributed by atoms with van der Waals surface area (Å²) >= 11 is 0. The highest BCUT2D eigenvalue weighted by Crippen LogP contribution is 1.95. The Hall–Kier alpha value is -1.59. The summed E-state index contributed by atoms with van der Waals surface area (Å²) in [5.74, 6) is 2.12. The Labute approximate surface area is 76.9 Å². The smallest absolute Gasteiger partial charge is 0.188 e. The topological polar surface area (TPSA) is 81.1 Å². The number of rotatable bonds is 2. The minimum atomic E-state index is 0.403. The maximum atomic E-state index is 5.46. The standard InChI is InChI=1S/C7H14N6/c1-5-11-12-6(13(5)3)4-10-7(8)9-2/h4H2,1-3H3,(H3,8,9,10). The second-order valence-electron chi connectivity index (χ2n) is 2.68. The van der Waals surface area contributed by atoms with Crippen LogP contribution in [-0.2, 0) is 13.6 Å². The Morgan fingerprint density at radius 3 is 2.77 bits per heavy atom. The highest BCUT2D eigenvalue weighted by atomic mass is 15.3. The number of nitrogens with two attached hydrogens (primary N) is 1. The van der Waals surface area contributed by atoms with Gasteiger partial charge in [-0.15, -0.1) is 10.2 Å². The lowest BCUT2D eigenvalue weighted by Gasteiger charge is -2.03. The summed E-state index contributed by atoms with van der Waals surface area (Å²) in [6.45, 7) is 2.44. The van der Waals surface area contributed by atoms with E-state index < -0.39 is 0 Å². The fourth-order valence-electron chi connectivity index (χ4n) is 0.854. The number of aliphatic imine (C=N–C) groups is 1. The average Bonchev–Trinajstić information content (AvgIpc) is 2.44. The number of aromatic nitrogens is 3. The molecule has 0 aliphatic heterocycles. The number of hydrogen-bond donors (Lipinski definition) is 2. The molecule has 72 valence electrons. The normalized spacial score (nSPS) is 11.8. The van der Waals surface area contributed by atoms with Crippen LogP contribution < -0.4 is 11.1 Å². The molecule has 0 bridgehead atoms. The molecule has 1 rings (SSSR count). The number of hydrogen-bond acceptors (Lipinski definition) is 3. The van der Waals surface area contributed by atoms with Crippen molar-refractivity contribution in [3.63, 3.8) is 0 Å². The molecule has 0 aromatic carbocycles. The summed E-state index contributed by atoms with van der Waals surface area (Å²) in [5.41, 5.74) is 5.46. The van der Waals surface area contributed by atoms with Crippen molar-refractivity contribution >= 4 is 5.96 Å². The summed E-state index contributed by atoms with van der Waals surface area (Å²) in [6, 6.07) is 0. The van der Waals surface area contributed by atoms with Crippen molar-refractivity contribution in [1.29, 1.82) is 0 Å². The van der Waals surface area contributed by atoms with Gasteiger partial charge in [-0.1, -0.05) is 0 Å². The fraction of sp³-hybridized carbons (Fsp3) is 0.571. The first kappa shape index (κ1) is 9.50. The number of nitrogens with one attached hydrogen (secondary N) is 1. The number of aryl methyl sites for hydroxylation is 1. The zero-order valence-electron chi connectivity index (χ0n) is 8.07. The van der Waals surface area contributed by atoms with Gasteiger partial charge < -0.3 is 15.6 Å². The minimum Gasteiger partial charge on any atom is -0.370 e. The molecule has 1 aromatic heterocycles. The first-order valence-electron chi connectivity index (χ1n) is 3.96. The first-order valence-corrected chi connectivity index (χ1v) is 3.96. The molecule has 1 heterocycles. The second kappa shape index (κ2) is 3.88. The van der Waals surface area contributed by atoms with Gasteiger partial charge in [0.15, 0.2) is 11.8 Å². The number of guanidine groups is 1. The van der Waals surface area contributed by atoms with E-state index in [1.54, 1.807) is 7.05 Å². The van der Waals surface area contributed by atoms with Gasteiger partial charge in [-0.25, -0.2) is 0 Å². The van der Waals surface area contributed by atoms with Crippen LogP contribution in [0.3, 0.4) is 0 Å². The molecule has 1 aromatic rings. The molecule has 0 atom stereocenters. The SMILES string of the molecule is CN=C(N)NCc1nnc(C)n1C. The summed E-state index contributed by atoms with van der Waals surface area (Å²) < 4.78 is 1.90. The molecule has 0 unspecified atom stereocenters. The van der Waals surface area contributed by atoms with Crippen LogP contribution in [0.15, 0.2) is 4.99 Å². The Morgan fingerprint density at radius 2 is 2.31 bits per heavy atom. The van der Waals surface area contributed by atoms with Crippen LogP contribution in [-0.4, -0.2) is 27.8 Å². The highest BCUT2D eigenvalue weighted by molar-refractivity contribution is 5.77. The van der Waals surface area contributed by atoms with Gasteiger partial charge in [0.25, 0.3) is 0 Å². The van der Waals surface area contributed by atoms with Gasteiger partial charge in [-0.2, -0.15) is 0 Å². The number of nitrogens with zero attached hydrogens (tertiary/aromatic N) is 4. The molecule has 0 fully saturated rings. The van der Waals surface area contributed by atoms with Crippen molar-refractivity contribution in [3.05, 3.63) is 11.6 Å². The lowest BCUT2D eigenvalue weighted by atomic mass is 10.5. The summed E-state index contributed by atoms with van der Waals surface area (Å²) in [4.78, 5) is 3.77. The molecule has 0 saturated heterocycles. The van der Waals surface area contributed by atoms with Gasteiger partial charge in [0.2, 0.25) is 0 Å². The molecule has 0 saturated carbocycles. The Morgan fingerprint density at radius 1 is 1.62 bits per heavy atom. The molecular formula is C7H14N6. The van der Waals surface area contributed by atoms with Gasteiger partial charge >= 0.3 is 0 Å². The third-order valence-electron chi connectivity index (χ3n) is 1.85. The molecule has 0 radical (unpaired) electrons. The van der Waals surface area contributed by atoms with E-state index in [0.29, 0.717) is 12.5 Å². The van der Waals surface area contributed by atoms with Gasteiger partial charge in [-0.05, 0) is 6.92 Å². The van der Waals surface area contributed by atoms with E-state index in [2.05, 4.69) is 20.5 Å². The molecule has 0 aliphatic carbocycles. The molecule has 0 amide bonds. The zero-order chi connectivity index (χ0) is 9.84. The van der Waals surface area contributed by atoms with E-state index in [0.717, 1.165) is 11.6 Å². The Bertz CT molecular complexity index is 313. The predicted octanol–water partition coefficient (Wildman–Crippen LogP) is -0.842. The van der Waals surface area contributed by atoms with E-state index in [4.69, 9.17) is 5.73 Å². The Kier molecular flexibility index (Phi) is 2.84. The van der Waals surface area contributed by atoms with Gasteiger partial charge in [0.05, 0.1) is 6.54 Å². The summed E-state index contributed by atoms with van der Waals surface area (Å²) in [5, 5.41) is 10.8. The molecule has 6 heteroatoms. The van der Waals surface area contributed by atoms with Crippen molar-refractivity contribution in [2.24, 2.45) is 17.8 Å². The van der Waals surface area contributed by atoms with Crippen molar-refractivity contribution in [3.8, 4) is 0 Å². The van der Waals surface area contributed by atoms with Gasteiger partial charge in [0.1, 0.15) is 5.82 Å². The summed E-state index contributed by atoms with van der Waals surface area (Å²) in [6.07, 6.45) is 0. The van der Waals surface area contributed by atoms with Crippen LogP contribution in [0.2, 0.25) is 0 Å². The molecule has 13 heavy (non-hydrogen) atoms. The molecule has 0 spiro atoms. The highest BCUT2D eigenvalue weighted by Gasteiger charge is 2.03. The predicted molar refractivity (Wildman–Crippen MR) is 50.1 cm³/mol. The van der Waals surface area contributed by atoms with E-state index in [1.165, 1.54) is 0 Å². The maximum absolute atomic E-state index is 5.46. The third kappa shape index (κ3) is 2.17. The Balaban J connectivity index is 2.60. The van der Waals surface area contributed by atoms with Gasteiger partial charge in [0, 0.05) is 14.1 Å². The van der Waals surface area contributed by atoms with Crippen molar-refractivity contribution in [2.75, 3.05) is 7.05 Å². The van der Waals surface area contributed by atoms with Crippen LogP contribution in [0.25, 0.3) is 0 Å². The molecule has 3 N–H and O–H groups in total. The third-order valence-corrected chi connectivity index (χ3v) is 1.85. The van der Waals surface area contributed by atoms with Crippen LogP contribution in [0.1, 0.15) is 11.6 Å². The largest absolute Gasteiger partial charge is 0.370 e. The first-order chi connectivity index (χ1) is 6.15. The molecular weight excluding hydrogens is 168 g/mol. The van der Waals surface area contributed by atoms with Crippen molar-refractivity contribution < 1.29 is 0 Å². The minimum absolute atomic E-state index is 0.403. The zero-order valence-corrected chi connectivity index (χ0v) is 8.07. The van der Waals surface area contributed by atoms with Crippen molar-refractivity contribution in [2.45, 2.75) is 13.5 Å². The van der Waals surface area contributed by atoms with E-state index in [9.17, 15) is 0 Å². The second-order valence-corrected chi connectivity index (χ2v) is 2.68. The van der Waals surface area contributed by atoms with Gasteiger partial charge in [-0.3, -0.25) is 4.99 Å². The lowest BCUT2D eigenvalue weighted by molar-refractivity contribution is 0.734. The van der Waals surface area contributed by atoms with E-state index >= 15 is 0 Å². The van der Waals surface area contributed by atoms with Crippen LogP contribution in [0.4, 0.5) is 0 Å². The monoisotopic (exact) mass is 182 g/mol. The van der Waals surface area contributed by atoms with Crippen LogP contribution in [0.5, 0.6) is 0 Å². The van der Waals surface area contributed by atoms with Crippen molar-refractivity contribution in [1.82, 2.24) is 20.1 Å². The van der Waals surface area contributed by atoms with Crippen LogP contribution in [0, 0.1) is 6.92 Å². The molecule has 6 nitrogen and oxygen atoms in total.